The second-order valence-electron chi connectivity index (χ2n) is 5.32. The summed E-state index contributed by atoms with van der Waals surface area (Å²) in [4.78, 5) is 15.4. The molecule has 0 spiro atoms. The third kappa shape index (κ3) is 3.10. The maximum atomic E-state index is 12.2. The highest BCUT2D eigenvalue weighted by Crippen LogP contribution is 2.28. The van der Waals surface area contributed by atoms with Crippen LogP contribution in [0.3, 0.4) is 0 Å². The van der Waals surface area contributed by atoms with Crippen LogP contribution in [-0.4, -0.2) is 23.9 Å². The third-order valence-corrected chi connectivity index (χ3v) is 4.90. The molecule has 0 saturated carbocycles. The van der Waals surface area contributed by atoms with Gasteiger partial charge in [0, 0.05) is 18.0 Å². The highest BCUT2D eigenvalue weighted by atomic mass is 32.1. The van der Waals surface area contributed by atoms with Crippen LogP contribution < -0.4 is 0 Å². The Bertz CT molecular complexity index is 542. The smallest absolute Gasteiger partial charge is 0.227 e. The van der Waals surface area contributed by atoms with Crippen LogP contribution >= 0.6 is 11.3 Å². The molecule has 0 radical (unpaired) electrons. The van der Waals surface area contributed by atoms with Crippen LogP contribution in [0.15, 0.2) is 47.8 Å². The normalized spacial score (nSPS) is 16.3. The summed E-state index contributed by atoms with van der Waals surface area (Å²) in [6, 6.07) is 14.7. The van der Waals surface area contributed by atoms with Crippen LogP contribution in [0.2, 0.25) is 0 Å². The van der Waals surface area contributed by atoms with Gasteiger partial charge < -0.3 is 4.90 Å². The van der Waals surface area contributed by atoms with E-state index in [1.54, 1.807) is 11.3 Å². The molecule has 0 bridgehead atoms. The molecule has 0 N–H and O–H groups in total. The first-order valence-corrected chi connectivity index (χ1v) is 8.06. The average molecular weight is 285 g/mol. The molecule has 3 heteroatoms. The van der Waals surface area contributed by atoms with Crippen molar-refractivity contribution in [1.29, 1.82) is 0 Å². The van der Waals surface area contributed by atoms with Crippen LogP contribution in [0, 0.1) is 0 Å². The van der Waals surface area contributed by atoms with E-state index in [2.05, 4.69) is 30.3 Å². The first-order chi connectivity index (χ1) is 9.83. The predicted octanol–water partition coefficient (Wildman–Crippen LogP) is 3.70. The van der Waals surface area contributed by atoms with E-state index in [1.807, 2.05) is 22.4 Å². The highest BCUT2D eigenvalue weighted by molar-refractivity contribution is 7.10. The zero-order valence-corrected chi connectivity index (χ0v) is 12.3. The second-order valence-corrected chi connectivity index (χ2v) is 6.35. The number of piperidine rings is 1. The maximum Gasteiger partial charge on any atom is 0.227 e. The Kier molecular flexibility index (Phi) is 4.16. The van der Waals surface area contributed by atoms with Gasteiger partial charge >= 0.3 is 0 Å². The minimum Gasteiger partial charge on any atom is -0.342 e. The number of thiophene rings is 1. The van der Waals surface area contributed by atoms with Crippen molar-refractivity contribution in [2.75, 3.05) is 13.1 Å². The molecule has 1 aromatic heterocycles. The quantitative estimate of drug-likeness (QED) is 0.842. The SMILES string of the molecule is O=C(Cc1cccs1)N1CCC(c2ccccc2)CC1. The fourth-order valence-electron chi connectivity index (χ4n) is 2.86. The Morgan fingerprint density at radius 3 is 2.50 bits per heavy atom. The molecule has 1 amide bonds. The highest BCUT2D eigenvalue weighted by Gasteiger charge is 2.23. The number of likely N-dealkylation sites (tertiary alicyclic amines) is 1. The lowest BCUT2D eigenvalue weighted by Crippen LogP contribution is -2.38. The van der Waals surface area contributed by atoms with Gasteiger partial charge in [0.05, 0.1) is 6.42 Å². The van der Waals surface area contributed by atoms with E-state index >= 15 is 0 Å². The Morgan fingerprint density at radius 2 is 1.85 bits per heavy atom. The molecule has 1 saturated heterocycles. The summed E-state index contributed by atoms with van der Waals surface area (Å²) in [5.41, 5.74) is 1.41. The minimum atomic E-state index is 0.277. The van der Waals surface area contributed by atoms with Crippen molar-refractivity contribution < 1.29 is 4.79 Å². The van der Waals surface area contributed by atoms with E-state index in [1.165, 1.54) is 10.4 Å². The van der Waals surface area contributed by atoms with Crippen molar-refractivity contribution in [2.45, 2.75) is 25.2 Å². The van der Waals surface area contributed by atoms with Gasteiger partial charge in [-0.1, -0.05) is 36.4 Å². The molecule has 0 unspecified atom stereocenters. The van der Waals surface area contributed by atoms with Crippen LogP contribution in [0.25, 0.3) is 0 Å². The number of carbonyl (C=O) groups is 1. The van der Waals surface area contributed by atoms with Gasteiger partial charge in [-0.05, 0) is 35.8 Å². The average Bonchev–Trinajstić information content (AvgIpc) is 3.01. The lowest BCUT2D eigenvalue weighted by molar-refractivity contribution is -0.131. The van der Waals surface area contributed by atoms with Crippen LogP contribution in [0.5, 0.6) is 0 Å². The maximum absolute atomic E-state index is 12.2. The third-order valence-electron chi connectivity index (χ3n) is 4.02. The van der Waals surface area contributed by atoms with Gasteiger partial charge in [0.2, 0.25) is 5.91 Å². The van der Waals surface area contributed by atoms with Crippen molar-refractivity contribution in [3.05, 3.63) is 58.3 Å². The second kappa shape index (κ2) is 6.23. The number of hydrogen-bond acceptors (Lipinski definition) is 2. The number of hydrogen-bond donors (Lipinski definition) is 0. The van der Waals surface area contributed by atoms with E-state index in [0.717, 1.165) is 25.9 Å². The van der Waals surface area contributed by atoms with Crippen molar-refractivity contribution in [2.24, 2.45) is 0 Å². The van der Waals surface area contributed by atoms with E-state index in [-0.39, 0.29) is 5.91 Å². The summed E-state index contributed by atoms with van der Waals surface area (Å²) in [6.45, 7) is 1.79. The topological polar surface area (TPSA) is 20.3 Å². The first-order valence-electron chi connectivity index (χ1n) is 7.18. The lowest BCUT2D eigenvalue weighted by atomic mass is 9.89. The van der Waals surface area contributed by atoms with E-state index < -0.39 is 0 Å². The van der Waals surface area contributed by atoms with Crippen molar-refractivity contribution >= 4 is 17.2 Å². The fourth-order valence-corrected chi connectivity index (χ4v) is 3.56. The van der Waals surface area contributed by atoms with Crippen LogP contribution in [0.1, 0.15) is 29.2 Å². The molecule has 1 fully saturated rings. The van der Waals surface area contributed by atoms with E-state index in [0.29, 0.717) is 12.3 Å². The Balaban J connectivity index is 1.54. The molecule has 2 aromatic rings. The molecule has 1 aliphatic rings. The summed E-state index contributed by atoms with van der Waals surface area (Å²) in [5.74, 6) is 0.890. The monoisotopic (exact) mass is 285 g/mol. The molecular formula is C17H19NOS. The summed E-state index contributed by atoms with van der Waals surface area (Å²) in [6.07, 6.45) is 2.73. The Labute approximate surface area is 124 Å². The molecular weight excluding hydrogens is 266 g/mol. The lowest BCUT2D eigenvalue weighted by Gasteiger charge is -2.32. The number of rotatable bonds is 3. The van der Waals surface area contributed by atoms with Gasteiger partial charge in [-0.15, -0.1) is 11.3 Å². The van der Waals surface area contributed by atoms with Gasteiger partial charge in [-0.2, -0.15) is 0 Å². The molecule has 2 heterocycles. The number of amides is 1. The molecule has 104 valence electrons. The summed E-state index contributed by atoms with van der Waals surface area (Å²) in [5, 5.41) is 2.03. The van der Waals surface area contributed by atoms with Gasteiger partial charge in [0.25, 0.3) is 0 Å². The molecule has 0 aliphatic carbocycles. The summed E-state index contributed by atoms with van der Waals surface area (Å²) < 4.78 is 0. The largest absolute Gasteiger partial charge is 0.342 e. The standard InChI is InChI=1S/C17H19NOS/c19-17(13-16-7-4-12-20-16)18-10-8-15(9-11-18)14-5-2-1-3-6-14/h1-7,12,15H,8-11,13H2. The number of carbonyl (C=O) groups excluding carboxylic acids is 1. The molecule has 1 aromatic carbocycles. The molecule has 2 nitrogen and oxygen atoms in total. The van der Waals surface area contributed by atoms with Crippen LogP contribution in [0.4, 0.5) is 0 Å². The van der Waals surface area contributed by atoms with Crippen LogP contribution in [-0.2, 0) is 11.2 Å². The summed E-state index contributed by atoms with van der Waals surface area (Å²) >= 11 is 1.67. The van der Waals surface area contributed by atoms with E-state index in [9.17, 15) is 4.79 Å². The molecule has 3 rings (SSSR count). The Morgan fingerprint density at radius 1 is 1.10 bits per heavy atom. The minimum absolute atomic E-state index is 0.277. The molecule has 0 atom stereocenters. The Hall–Kier alpha value is -1.61. The molecule has 1 aliphatic heterocycles. The predicted molar refractivity (Wildman–Crippen MR) is 83.0 cm³/mol. The zero-order chi connectivity index (χ0) is 13.8. The van der Waals surface area contributed by atoms with Crippen molar-refractivity contribution in [3.8, 4) is 0 Å². The van der Waals surface area contributed by atoms with Crippen molar-refractivity contribution in [3.63, 3.8) is 0 Å². The zero-order valence-electron chi connectivity index (χ0n) is 11.5. The first kappa shape index (κ1) is 13.4. The van der Waals surface area contributed by atoms with Crippen molar-refractivity contribution in [1.82, 2.24) is 4.90 Å². The number of nitrogens with zero attached hydrogens (tertiary/aromatic N) is 1. The fraction of sp³-hybridized carbons (Fsp3) is 0.353. The summed E-state index contributed by atoms with van der Waals surface area (Å²) in [7, 11) is 0. The van der Waals surface area contributed by atoms with Gasteiger partial charge in [0.15, 0.2) is 0 Å². The molecule has 20 heavy (non-hydrogen) atoms. The van der Waals surface area contributed by atoms with E-state index in [4.69, 9.17) is 0 Å². The van der Waals surface area contributed by atoms with Gasteiger partial charge in [-0.25, -0.2) is 0 Å². The number of benzene rings is 1. The van der Waals surface area contributed by atoms with Gasteiger partial charge in [-0.3, -0.25) is 4.79 Å². The van der Waals surface area contributed by atoms with Gasteiger partial charge in [0.1, 0.15) is 0 Å².